The lowest BCUT2D eigenvalue weighted by Crippen LogP contribution is -2.26. The van der Waals surface area contributed by atoms with E-state index in [2.05, 4.69) is 5.10 Å². The van der Waals surface area contributed by atoms with Gasteiger partial charge in [-0.25, -0.2) is 4.68 Å². The molecule has 0 aliphatic carbocycles. The summed E-state index contributed by atoms with van der Waals surface area (Å²) in [5.41, 5.74) is 2.70. The highest BCUT2D eigenvalue weighted by Crippen LogP contribution is 2.21. The number of nitrogens with one attached hydrogen (secondary N) is 1. The van der Waals surface area contributed by atoms with E-state index in [4.69, 9.17) is 0 Å². The van der Waals surface area contributed by atoms with Crippen LogP contribution in [0.5, 0.6) is 0 Å². The van der Waals surface area contributed by atoms with E-state index in [-0.39, 0.29) is 17.2 Å². The monoisotopic (exact) mass is 345 g/mol. The van der Waals surface area contributed by atoms with Crippen LogP contribution in [0, 0.1) is 6.92 Å². The van der Waals surface area contributed by atoms with E-state index in [1.165, 1.54) is 10.7 Å². The number of hydrogen-bond acceptors (Lipinski definition) is 2. The third-order valence-corrected chi connectivity index (χ3v) is 4.83. The quantitative estimate of drug-likeness (QED) is 0.619. The zero-order valence-corrected chi connectivity index (χ0v) is 14.6. The molecule has 0 saturated carbocycles. The van der Waals surface area contributed by atoms with Gasteiger partial charge in [0.15, 0.2) is 0 Å². The van der Waals surface area contributed by atoms with Crippen LogP contribution in [0.2, 0.25) is 0 Å². The van der Waals surface area contributed by atoms with Crippen LogP contribution in [-0.2, 0) is 0 Å². The second kappa shape index (κ2) is 6.19. The van der Waals surface area contributed by atoms with Gasteiger partial charge >= 0.3 is 0 Å². The molecule has 0 saturated heterocycles. The van der Waals surface area contributed by atoms with Gasteiger partial charge < -0.3 is 4.57 Å². The number of pyridine rings is 1. The number of aryl methyl sites for hydroxylation is 1. The standard InChI is InChI=1S/C21H19N3O2/c1-14(16-9-5-3-6-10-16)23-15(2)20-18(13-19(23)25)22-24(21(20)26)17-11-7-4-8-12-17/h3-14,22H,1-2H3. The van der Waals surface area contributed by atoms with Crippen molar-refractivity contribution in [2.24, 2.45) is 0 Å². The van der Waals surface area contributed by atoms with Gasteiger partial charge in [0.2, 0.25) is 0 Å². The molecule has 2 aromatic carbocycles. The van der Waals surface area contributed by atoms with E-state index in [0.29, 0.717) is 16.6 Å². The summed E-state index contributed by atoms with van der Waals surface area (Å²) in [5, 5.41) is 3.60. The molecular weight excluding hydrogens is 326 g/mol. The third kappa shape index (κ3) is 2.49. The Morgan fingerprint density at radius 3 is 2.19 bits per heavy atom. The van der Waals surface area contributed by atoms with Crippen molar-refractivity contribution in [3.8, 4) is 5.69 Å². The second-order valence-electron chi connectivity index (χ2n) is 6.40. The zero-order chi connectivity index (χ0) is 18.3. The molecule has 1 atom stereocenters. The van der Waals surface area contributed by atoms with Crippen LogP contribution in [0.15, 0.2) is 76.3 Å². The van der Waals surface area contributed by atoms with Gasteiger partial charge in [0, 0.05) is 11.8 Å². The van der Waals surface area contributed by atoms with Crippen LogP contribution in [0.3, 0.4) is 0 Å². The Hall–Kier alpha value is -3.34. The van der Waals surface area contributed by atoms with E-state index in [9.17, 15) is 9.59 Å². The largest absolute Gasteiger partial charge is 0.305 e. The molecule has 4 rings (SSSR count). The maximum atomic E-state index is 13.0. The minimum Gasteiger partial charge on any atom is -0.305 e. The highest BCUT2D eigenvalue weighted by molar-refractivity contribution is 5.80. The number of fused-ring (bicyclic) bond motifs is 1. The van der Waals surface area contributed by atoms with E-state index in [1.54, 1.807) is 4.57 Å². The van der Waals surface area contributed by atoms with Gasteiger partial charge in [-0.3, -0.25) is 14.7 Å². The Bertz CT molecular complexity index is 1190. The first-order chi connectivity index (χ1) is 12.6. The summed E-state index contributed by atoms with van der Waals surface area (Å²) < 4.78 is 3.16. The lowest BCUT2D eigenvalue weighted by molar-refractivity contribution is 0.602. The van der Waals surface area contributed by atoms with Crippen molar-refractivity contribution in [1.29, 1.82) is 0 Å². The number of nitrogens with zero attached hydrogens (tertiary/aromatic N) is 2. The summed E-state index contributed by atoms with van der Waals surface area (Å²) >= 11 is 0. The van der Waals surface area contributed by atoms with Crippen molar-refractivity contribution in [2.75, 3.05) is 0 Å². The van der Waals surface area contributed by atoms with Crippen molar-refractivity contribution in [2.45, 2.75) is 19.9 Å². The third-order valence-electron chi connectivity index (χ3n) is 4.83. The molecule has 5 heteroatoms. The minimum atomic E-state index is -0.160. The molecule has 5 nitrogen and oxygen atoms in total. The van der Waals surface area contributed by atoms with Crippen molar-refractivity contribution in [3.05, 3.63) is 98.7 Å². The number of H-pyrrole nitrogens is 1. The van der Waals surface area contributed by atoms with E-state index >= 15 is 0 Å². The topological polar surface area (TPSA) is 59.8 Å². The van der Waals surface area contributed by atoms with Crippen molar-refractivity contribution >= 4 is 10.9 Å². The summed E-state index contributed by atoms with van der Waals surface area (Å²) in [6, 6.07) is 20.5. The van der Waals surface area contributed by atoms with E-state index in [1.807, 2.05) is 74.5 Å². The summed E-state index contributed by atoms with van der Waals surface area (Å²) in [6.45, 7) is 3.80. The maximum Gasteiger partial charge on any atom is 0.280 e. The molecular formula is C21H19N3O2. The molecule has 0 aliphatic rings. The average molecular weight is 345 g/mol. The van der Waals surface area contributed by atoms with Crippen LogP contribution in [0.1, 0.15) is 24.2 Å². The van der Waals surface area contributed by atoms with Gasteiger partial charge in [-0.1, -0.05) is 48.5 Å². The van der Waals surface area contributed by atoms with Crippen molar-refractivity contribution in [3.63, 3.8) is 0 Å². The molecule has 26 heavy (non-hydrogen) atoms. The van der Waals surface area contributed by atoms with Crippen LogP contribution in [0.4, 0.5) is 0 Å². The molecule has 2 heterocycles. The highest BCUT2D eigenvalue weighted by Gasteiger charge is 2.18. The average Bonchev–Trinajstić information content (AvgIpc) is 2.99. The first-order valence-corrected chi connectivity index (χ1v) is 8.55. The number of rotatable bonds is 3. The van der Waals surface area contributed by atoms with Gasteiger partial charge in [-0.15, -0.1) is 0 Å². The zero-order valence-electron chi connectivity index (χ0n) is 14.6. The van der Waals surface area contributed by atoms with Crippen molar-refractivity contribution in [1.82, 2.24) is 14.3 Å². The van der Waals surface area contributed by atoms with Crippen LogP contribution in [0.25, 0.3) is 16.6 Å². The molecule has 0 bridgehead atoms. The summed E-state index contributed by atoms with van der Waals surface area (Å²) in [6.07, 6.45) is 0. The van der Waals surface area contributed by atoms with Gasteiger partial charge in [0.1, 0.15) is 0 Å². The lowest BCUT2D eigenvalue weighted by atomic mass is 10.1. The van der Waals surface area contributed by atoms with Gasteiger partial charge in [0.25, 0.3) is 11.1 Å². The van der Waals surface area contributed by atoms with Gasteiger partial charge in [0.05, 0.1) is 22.6 Å². The first-order valence-electron chi connectivity index (χ1n) is 8.55. The van der Waals surface area contributed by atoms with Crippen LogP contribution in [-0.4, -0.2) is 14.3 Å². The SMILES string of the molecule is Cc1c2c(=O)n(-c3ccccc3)[nH]c2cc(=O)n1C(C)c1ccccc1. The summed E-state index contributed by atoms with van der Waals surface area (Å²) in [7, 11) is 0. The van der Waals surface area contributed by atoms with Crippen LogP contribution < -0.4 is 11.1 Å². The summed E-state index contributed by atoms with van der Waals surface area (Å²) in [4.78, 5) is 25.7. The molecule has 0 fully saturated rings. The number of hydrogen-bond donors (Lipinski definition) is 1. The van der Waals surface area contributed by atoms with Gasteiger partial charge in [-0.05, 0) is 31.5 Å². The molecule has 0 radical (unpaired) electrons. The predicted molar refractivity (Wildman–Crippen MR) is 103 cm³/mol. The fraction of sp³-hybridized carbons (Fsp3) is 0.143. The normalized spacial score (nSPS) is 12.4. The molecule has 0 aliphatic heterocycles. The highest BCUT2D eigenvalue weighted by atomic mass is 16.1. The Kier molecular flexibility index (Phi) is 3.84. The Morgan fingerprint density at radius 1 is 0.923 bits per heavy atom. The fourth-order valence-corrected chi connectivity index (χ4v) is 3.51. The maximum absolute atomic E-state index is 13.0. The molecule has 4 aromatic rings. The second-order valence-corrected chi connectivity index (χ2v) is 6.40. The molecule has 0 amide bonds. The Morgan fingerprint density at radius 2 is 1.54 bits per heavy atom. The molecule has 1 unspecified atom stereocenters. The number of benzene rings is 2. The molecule has 1 N–H and O–H groups in total. The number of aromatic amines is 1. The fourth-order valence-electron chi connectivity index (χ4n) is 3.51. The molecule has 2 aromatic heterocycles. The lowest BCUT2D eigenvalue weighted by Gasteiger charge is -2.18. The Balaban J connectivity index is 1.96. The van der Waals surface area contributed by atoms with Crippen molar-refractivity contribution < 1.29 is 0 Å². The molecule has 130 valence electrons. The summed E-state index contributed by atoms with van der Waals surface area (Å²) in [5.74, 6) is 0. The predicted octanol–water partition coefficient (Wildman–Crippen LogP) is 3.40. The molecule has 0 spiro atoms. The minimum absolute atomic E-state index is 0.132. The van der Waals surface area contributed by atoms with E-state index < -0.39 is 0 Å². The smallest absolute Gasteiger partial charge is 0.280 e. The number of para-hydroxylation sites is 1. The first kappa shape index (κ1) is 16.1. The number of aromatic nitrogens is 3. The van der Waals surface area contributed by atoms with Gasteiger partial charge in [-0.2, -0.15) is 0 Å². The van der Waals surface area contributed by atoms with E-state index in [0.717, 1.165) is 11.3 Å². The van der Waals surface area contributed by atoms with Crippen LogP contribution >= 0.6 is 0 Å². The Labute approximate surface area is 150 Å².